The van der Waals surface area contributed by atoms with Gasteiger partial charge in [0.2, 0.25) is 17.7 Å². The number of carbonyl (C=O) groups excluding carboxylic acids is 4. The highest BCUT2D eigenvalue weighted by molar-refractivity contribution is 8.00. The van der Waals surface area contributed by atoms with Gasteiger partial charge in [-0.2, -0.15) is 0 Å². The summed E-state index contributed by atoms with van der Waals surface area (Å²) in [7, 11) is 0. The molecule has 0 aromatic heterocycles. The molecule has 0 spiro atoms. The van der Waals surface area contributed by atoms with E-state index in [2.05, 4.69) is 26.6 Å². The van der Waals surface area contributed by atoms with Gasteiger partial charge < -0.3 is 27.0 Å². The molecule has 2 aromatic rings. The minimum absolute atomic E-state index is 0.0547. The van der Waals surface area contributed by atoms with Crippen molar-refractivity contribution < 1.29 is 19.2 Å². The first-order valence-electron chi connectivity index (χ1n) is 9.79. The van der Waals surface area contributed by atoms with Crippen LogP contribution in [0, 0.1) is 0 Å². The molecule has 0 radical (unpaired) electrons. The fourth-order valence-corrected chi connectivity index (χ4v) is 3.79. The lowest BCUT2D eigenvalue weighted by atomic mass is 10.1. The van der Waals surface area contributed by atoms with Gasteiger partial charge in [-0.25, -0.2) is 0 Å². The first kappa shape index (κ1) is 23.3. The Morgan fingerprint density at radius 2 is 1.62 bits per heavy atom. The molecule has 3 rings (SSSR count). The van der Waals surface area contributed by atoms with E-state index in [1.54, 1.807) is 54.6 Å². The Labute approximate surface area is 189 Å². The van der Waals surface area contributed by atoms with Gasteiger partial charge in [0.05, 0.1) is 11.9 Å². The Kier molecular flexibility index (Phi) is 7.82. The van der Waals surface area contributed by atoms with Crippen LogP contribution in [-0.2, 0) is 14.4 Å². The molecule has 0 bridgehead atoms. The molecule has 0 aliphatic carbocycles. The lowest BCUT2D eigenvalue weighted by molar-refractivity contribution is -0.125. The van der Waals surface area contributed by atoms with Gasteiger partial charge in [-0.15, -0.1) is 11.8 Å². The first-order chi connectivity index (χ1) is 15.3. The van der Waals surface area contributed by atoms with Crippen LogP contribution >= 0.6 is 11.8 Å². The molecule has 1 heterocycles. The predicted molar refractivity (Wildman–Crippen MR) is 123 cm³/mol. The van der Waals surface area contributed by atoms with Crippen molar-refractivity contribution in [2.24, 2.45) is 5.73 Å². The zero-order valence-corrected chi connectivity index (χ0v) is 18.1. The molecule has 11 heteroatoms. The van der Waals surface area contributed by atoms with E-state index in [1.807, 2.05) is 0 Å². The normalized spacial score (nSPS) is 20.1. The number of nitrogens with two attached hydrogens (primary N) is 1. The summed E-state index contributed by atoms with van der Waals surface area (Å²) in [6.45, 7) is 1.41. The Balaban J connectivity index is 1.45. The number of benzene rings is 2. The zero-order valence-electron chi connectivity index (χ0n) is 17.3. The molecular weight excluding hydrogens is 432 g/mol. The highest BCUT2D eigenvalue weighted by atomic mass is 32.2. The zero-order chi connectivity index (χ0) is 23.1. The Morgan fingerprint density at radius 1 is 1.00 bits per heavy atom. The van der Waals surface area contributed by atoms with Crippen LogP contribution in [0.25, 0.3) is 0 Å². The molecule has 1 saturated heterocycles. The summed E-state index contributed by atoms with van der Waals surface area (Å²) in [5.74, 6) is -1.24. The summed E-state index contributed by atoms with van der Waals surface area (Å²) in [5.41, 5.74) is 7.07. The van der Waals surface area contributed by atoms with Crippen LogP contribution in [0.2, 0.25) is 0 Å². The standard InChI is InChI=1S/C21H24N6O4S/c1-12(28)23-14-7-9-15(10-8-14)24-16(29)11-32-21-26-18(22)17(20(31)27-21)25-19(30)13-5-3-2-4-6-13/h2-10,17-18,21,26H,11,22H2,1H3,(H,23,28)(H,24,29)(H,25,30)(H,27,31). The van der Waals surface area contributed by atoms with Crippen molar-refractivity contribution in [3.05, 3.63) is 60.2 Å². The molecule has 1 aliphatic heterocycles. The van der Waals surface area contributed by atoms with Crippen LogP contribution in [-0.4, -0.2) is 47.1 Å². The maximum absolute atomic E-state index is 12.4. The lowest BCUT2D eigenvalue weighted by Crippen LogP contribution is -2.70. The average Bonchev–Trinajstić information content (AvgIpc) is 2.76. The number of carbonyl (C=O) groups is 4. The van der Waals surface area contributed by atoms with Crippen LogP contribution in [0.3, 0.4) is 0 Å². The third-order valence-corrected chi connectivity index (χ3v) is 5.47. The van der Waals surface area contributed by atoms with Gasteiger partial charge in [-0.05, 0) is 36.4 Å². The van der Waals surface area contributed by atoms with E-state index in [4.69, 9.17) is 5.73 Å². The molecule has 10 nitrogen and oxygen atoms in total. The topological polar surface area (TPSA) is 154 Å². The monoisotopic (exact) mass is 456 g/mol. The molecule has 1 aliphatic rings. The molecule has 32 heavy (non-hydrogen) atoms. The SMILES string of the molecule is CC(=O)Nc1ccc(NC(=O)CSC2NC(=O)C(NC(=O)c3ccccc3)C(N)N2)cc1. The van der Waals surface area contributed by atoms with Crippen LogP contribution < -0.4 is 32.3 Å². The van der Waals surface area contributed by atoms with Crippen molar-refractivity contribution in [2.75, 3.05) is 16.4 Å². The van der Waals surface area contributed by atoms with E-state index in [0.717, 1.165) is 11.8 Å². The number of thioether (sulfide) groups is 1. The second kappa shape index (κ2) is 10.8. The second-order valence-electron chi connectivity index (χ2n) is 7.02. The predicted octanol–water partition coefficient (Wildman–Crippen LogP) is 0.403. The highest BCUT2D eigenvalue weighted by Gasteiger charge is 2.35. The van der Waals surface area contributed by atoms with Gasteiger partial charge in [0.15, 0.2) is 0 Å². The summed E-state index contributed by atoms with van der Waals surface area (Å²) < 4.78 is 0. The molecule has 168 valence electrons. The van der Waals surface area contributed by atoms with E-state index in [0.29, 0.717) is 16.9 Å². The molecule has 2 aromatic carbocycles. The van der Waals surface area contributed by atoms with E-state index >= 15 is 0 Å². The quantitative estimate of drug-likeness (QED) is 0.352. The smallest absolute Gasteiger partial charge is 0.252 e. The van der Waals surface area contributed by atoms with Crippen molar-refractivity contribution in [2.45, 2.75) is 24.6 Å². The summed E-state index contributed by atoms with van der Waals surface area (Å²) in [4.78, 5) is 48.0. The first-order valence-corrected chi connectivity index (χ1v) is 10.8. The van der Waals surface area contributed by atoms with E-state index < -0.39 is 29.5 Å². The van der Waals surface area contributed by atoms with E-state index in [-0.39, 0.29) is 17.6 Å². The molecule has 3 unspecified atom stereocenters. The van der Waals surface area contributed by atoms with Gasteiger partial charge in [0.1, 0.15) is 11.5 Å². The Bertz CT molecular complexity index is 986. The lowest BCUT2D eigenvalue weighted by Gasteiger charge is -2.35. The van der Waals surface area contributed by atoms with Gasteiger partial charge in [-0.1, -0.05) is 18.2 Å². The highest BCUT2D eigenvalue weighted by Crippen LogP contribution is 2.15. The number of hydrogen-bond acceptors (Lipinski definition) is 7. The van der Waals surface area contributed by atoms with Crippen molar-refractivity contribution >= 4 is 46.8 Å². The molecule has 4 amide bonds. The van der Waals surface area contributed by atoms with Crippen LogP contribution in [0.1, 0.15) is 17.3 Å². The largest absolute Gasteiger partial charge is 0.338 e. The van der Waals surface area contributed by atoms with E-state index in [9.17, 15) is 19.2 Å². The molecule has 3 atom stereocenters. The summed E-state index contributed by atoms with van der Waals surface area (Å²) in [5, 5.41) is 13.7. The molecule has 1 fully saturated rings. The van der Waals surface area contributed by atoms with Gasteiger partial charge in [0, 0.05) is 23.9 Å². The van der Waals surface area contributed by atoms with Gasteiger partial charge in [0.25, 0.3) is 5.91 Å². The minimum Gasteiger partial charge on any atom is -0.338 e. The Hall–Kier alpha value is -3.41. The van der Waals surface area contributed by atoms with Crippen molar-refractivity contribution in [1.29, 1.82) is 0 Å². The molecule has 0 saturated carbocycles. The molecular formula is C21H24N6O4S. The van der Waals surface area contributed by atoms with Crippen LogP contribution in [0.15, 0.2) is 54.6 Å². The van der Waals surface area contributed by atoms with Crippen LogP contribution in [0.4, 0.5) is 11.4 Å². The number of anilines is 2. The average molecular weight is 457 g/mol. The fraction of sp³-hybridized carbons (Fsp3) is 0.238. The minimum atomic E-state index is -0.949. The third kappa shape index (κ3) is 6.54. The third-order valence-electron chi connectivity index (χ3n) is 4.45. The van der Waals surface area contributed by atoms with Gasteiger partial charge in [-0.3, -0.25) is 24.5 Å². The van der Waals surface area contributed by atoms with Crippen molar-refractivity contribution in [3.8, 4) is 0 Å². The van der Waals surface area contributed by atoms with Gasteiger partial charge >= 0.3 is 0 Å². The number of rotatable bonds is 7. The summed E-state index contributed by atoms with van der Waals surface area (Å²) >= 11 is 1.16. The maximum Gasteiger partial charge on any atom is 0.252 e. The van der Waals surface area contributed by atoms with Crippen molar-refractivity contribution in [1.82, 2.24) is 16.0 Å². The van der Waals surface area contributed by atoms with E-state index in [1.165, 1.54) is 6.92 Å². The Morgan fingerprint density at radius 3 is 2.22 bits per heavy atom. The number of amides is 4. The maximum atomic E-state index is 12.4. The van der Waals surface area contributed by atoms with Crippen molar-refractivity contribution in [3.63, 3.8) is 0 Å². The van der Waals surface area contributed by atoms with Crippen LogP contribution in [0.5, 0.6) is 0 Å². The number of nitrogens with one attached hydrogen (secondary N) is 5. The second-order valence-corrected chi connectivity index (χ2v) is 8.11. The fourth-order valence-electron chi connectivity index (χ4n) is 2.95. The summed E-state index contributed by atoms with van der Waals surface area (Å²) in [6.07, 6.45) is -0.821. The summed E-state index contributed by atoms with van der Waals surface area (Å²) in [6, 6.07) is 14.3. The molecule has 7 N–H and O–H groups in total. The number of hydrogen-bond donors (Lipinski definition) is 6.